The monoisotopic (exact) mass is 363 g/mol. The Hall–Kier alpha value is -3.10. The van der Waals surface area contributed by atoms with Crippen molar-refractivity contribution in [3.63, 3.8) is 0 Å². The topological polar surface area (TPSA) is 124 Å². The van der Waals surface area contributed by atoms with Gasteiger partial charge in [0.25, 0.3) is 5.91 Å². The highest BCUT2D eigenvalue weighted by Gasteiger charge is 2.27. The van der Waals surface area contributed by atoms with E-state index in [1.165, 1.54) is 20.1 Å². The summed E-state index contributed by atoms with van der Waals surface area (Å²) in [4.78, 5) is 39.3. The summed E-state index contributed by atoms with van der Waals surface area (Å²) in [7, 11) is 1.27. The molecular formula is C17H21N3O6. The lowest BCUT2D eigenvalue weighted by molar-refractivity contribution is -0.123. The number of nitrogens with one attached hydrogen (secondary N) is 2. The van der Waals surface area contributed by atoms with E-state index in [-0.39, 0.29) is 11.5 Å². The Morgan fingerprint density at radius 1 is 1.31 bits per heavy atom. The van der Waals surface area contributed by atoms with Crippen molar-refractivity contribution in [1.82, 2.24) is 10.1 Å². The lowest BCUT2D eigenvalue weighted by Gasteiger charge is -2.12. The maximum atomic E-state index is 12.4. The van der Waals surface area contributed by atoms with E-state index in [0.29, 0.717) is 29.0 Å². The molecule has 2 rings (SSSR count). The fourth-order valence-corrected chi connectivity index (χ4v) is 2.43. The number of nitrogens with zero attached hydrogens (tertiary/aromatic N) is 1. The Kier molecular flexibility index (Phi) is 5.81. The molecule has 2 heterocycles. The first-order valence-corrected chi connectivity index (χ1v) is 8.03. The van der Waals surface area contributed by atoms with Gasteiger partial charge in [0.05, 0.1) is 12.7 Å². The van der Waals surface area contributed by atoms with Gasteiger partial charge in [-0.2, -0.15) is 0 Å². The van der Waals surface area contributed by atoms with Gasteiger partial charge in [-0.05, 0) is 32.8 Å². The quantitative estimate of drug-likeness (QED) is 0.754. The minimum Gasteiger partial charge on any atom is -0.465 e. The second-order valence-electron chi connectivity index (χ2n) is 5.68. The number of amides is 1. The summed E-state index contributed by atoms with van der Waals surface area (Å²) >= 11 is 0. The fraction of sp³-hybridized carbons (Fsp3) is 0.412. The molecule has 9 heteroatoms. The molecule has 1 unspecified atom stereocenters. The van der Waals surface area contributed by atoms with E-state index in [2.05, 4.69) is 15.5 Å². The van der Waals surface area contributed by atoms with Crippen molar-refractivity contribution in [3.05, 3.63) is 34.3 Å². The maximum Gasteiger partial charge on any atom is 0.355 e. The van der Waals surface area contributed by atoms with Crippen molar-refractivity contribution in [1.29, 1.82) is 0 Å². The molecule has 0 spiro atoms. The van der Waals surface area contributed by atoms with Crippen LogP contribution in [0.4, 0.5) is 5.82 Å². The third-order valence-electron chi connectivity index (χ3n) is 3.81. The molecule has 1 amide bonds. The molecule has 2 aromatic rings. The van der Waals surface area contributed by atoms with Gasteiger partial charge in [0.15, 0.2) is 11.9 Å². The van der Waals surface area contributed by atoms with Crippen LogP contribution in [0.3, 0.4) is 0 Å². The van der Waals surface area contributed by atoms with E-state index in [4.69, 9.17) is 14.0 Å². The number of methoxy groups -OCH3 is 1. The molecule has 0 aliphatic rings. The number of carbonyl (C=O) groups is 3. The van der Waals surface area contributed by atoms with Gasteiger partial charge in [0.1, 0.15) is 11.5 Å². The Bertz CT molecular complexity index is 836. The molecule has 0 aliphatic heterocycles. The Labute approximate surface area is 150 Å². The average molecular weight is 363 g/mol. The van der Waals surface area contributed by atoms with Crippen LogP contribution >= 0.6 is 0 Å². The van der Waals surface area contributed by atoms with Crippen molar-refractivity contribution >= 4 is 23.7 Å². The van der Waals surface area contributed by atoms with E-state index in [0.717, 1.165) is 0 Å². The number of ether oxygens (including phenoxy) is 2. The summed E-state index contributed by atoms with van der Waals surface area (Å²) in [5.41, 5.74) is 1.39. The van der Waals surface area contributed by atoms with Gasteiger partial charge < -0.3 is 24.3 Å². The van der Waals surface area contributed by atoms with Gasteiger partial charge in [-0.3, -0.25) is 4.79 Å². The van der Waals surface area contributed by atoms with Crippen molar-refractivity contribution in [2.45, 2.75) is 40.2 Å². The first-order valence-electron chi connectivity index (χ1n) is 8.03. The SMILES string of the molecule is CCc1[nH]c(C(=O)OC(C)C(=O)Nc2cc(C)on2)c(C)c1C(=O)OC. The van der Waals surface area contributed by atoms with Gasteiger partial charge >= 0.3 is 11.9 Å². The lowest BCUT2D eigenvalue weighted by Crippen LogP contribution is -2.30. The average Bonchev–Trinajstić information content (AvgIpc) is 3.16. The predicted molar refractivity (Wildman–Crippen MR) is 91.0 cm³/mol. The molecule has 2 aromatic heterocycles. The Morgan fingerprint density at radius 2 is 2.00 bits per heavy atom. The molecule has 0 bridgehead atoms. The number of carbonyl (C=O) groups excluding carboxylic acids is 3. The number of hydrogen-bond donors (Lipinski definition) is 2. The van der Waals surface area contributed by atoms with E-state index in [1.54, 1.807) is 13.8 Å². The van der Waals surface area contributed by atoms with Crippen LogP contribution in [0.2, 0.25) is 0 Å². The normalized spacial score (nSPS) is 11.7. The number of H-pyrrole nitrogens is 1. The molecule has 1 atom stereocenters. The summed E-state index contributed by atoms with van der Waals surface area (Å²) in [5, 5.41) is 6.12. The molecule has 0 saturated carbocycles. The number of esters is 2. The zero-order chi connectivity index (χ0) is 19.4. The first kappa shape index (κ1) is 19.2. The fourth-order valence-electron chi connectivity index (χ4n) is 2.43. The Balaban J connectivity index is 2.12. The van der Waals surface area contributed by atoms with Gasteiger partial charge in [0, 0.05) is 11.8 Å². The van der Waals surface area contributed by atoms with Crippen molar-refractivity contribution in [2.75, 3.05) is 12.4 Å². The van der Waals surface area contributed by atoms with Crippen LogP contribution in [0.25, 0.3) is 0 Å². The molecule has 0 aromatic carbocycles. The summed E-state index contributed by atoms with van der Waals surface area (Å²) in [6.07, 6.45) is -0.575. The largest absolute Gasteiger partial charge is 0.465 e. The van der Waals surface area contributed by atoms with E-state index in [9.17, 15) is 14.4 Å². The van der Waals surface area contributed by atoms with Crippen LogP contribution in [0.1, 0.15) is 51.7 Å². The van der Waals surface area contributed by atoms with E-state index in [1.807, 2.05) is 6.92 Å². The van der Waals surface area contributed by atoms with Crippen molar-refractivity contribution in [3.8, 4) is 0 Å². The first-order chi connectivity index (χ1) is 12.3. The number of hydrogen-bond acceptors (Lipinski definition) is 7. The van der Waals surface area contributed by atoms with Crippen LogP contribution in [0.15, 0.2) is 10.6 Å². The molecular weight excluding hydrogens is 342 g/mol. The minimum atomic E-state index is -1.08. The molecule has 0 aliphatic carbocycles. The molecule has 0 radical (unpaired) electrons. The van der Waals surface area contributed by atoms with Gasteiger partial charge in [0.2, 0.25) is 0 Å². The van der Waals surface area contributed by atoms with Crippen molar-refractivity contribution in [2.24, 2.45) is 0 Å². The van der Waals surface area contributed by atoms with Gasteiger partial charge in [-0.1, -0.05) is 12.1 Å². The highest BCUT2D eigenvalue weighted by molar-refractivity contribution is 6.00. The van der Waals surface area contributed by atoms with Crippen LogP contribution in [-0.2, 0) is 20.7 Å². The zero-order valence-corrected chi connectivity index (χ0v) is 15.3. The summed E-state index contributed by atoms with van der Waals surface area (Å²) < 4.78 is 14.8. The van der Waals surface area contributed by atoms with Gasteiger partial charge in [-0.25, -0.2) is 9.59 Å². The standard InChI is InChI=1S/C17H21N3O6/c1-6-11-13(16(22)24-5)9(3)14(18-11)17(23)25-10(4)15(21)19-12-7-8(2)26-20-12/h7,10,18H,6H2,1-5H3,(H,19,20,21). The summed E-state index contributed by atoms with van der Waals surface area (Å²) in [6, 6.07) is 1.54. The molecule has 9 nitrogen and oxygen atoms in total. The van der Waals surface area contributed by atoms with Crippen LogP contribution in [-0.4, -0.2) is 41.2 Å². The van der Waals surface area contributed by atoms with E-state index < -0.39 is 23.9 Å². The third kappa shape index (κ3) is 3.93. The molecule has 26 heavy (non-hydrogen) atoms. The second kappa shape index (κ2) is 7.85. The molecule has 0 fully saturated rings. The number of anilines is 1. The Morgan fingerprint density at radius 3 is 2.54 bits per heavy atom. The number of aromatic amines is 1. The maximum absolute atomic E-state index is 12.4. The number of aromatic nitrogens is 2. The summed E-state index contributed by atoms with van der Waals surface area (Å²) in [6.45, 7) is 6.56. The van der Waals surface area contributed by atoms with Crippen LogP contribution < -0.4 is 5.32 Å². The van der Waals surface area contributed by atoms with E-state index >= 15 is 0 Å². The highest BCUT2D eigenvalue weighted by atomic mass is 16.5. The second-order valence-corrected chi connectivity index (χ2v) is 5.68. The van der Waals surface area contributed by atoms with Crippen LogP contribution in [0, 0.1) is 13.8 Å². The third-order valence-corrected chi connectivity index (χ3v) is 3.81. The number of aryl methyl sites for hydroxylation is 2. The van der Waals surface area contributed by atoms with Gasteiger partial charge in [-0.15, -0.1) is 0 Å². The van der Waals surface area contributed by atoms with Crippen LogP contribution in [0.5, 0.6) is 0 Å². The molecule has 0 saturated heterocycles. The minimum absolute atomic E-state index is 0.110. The predicted octanol–water partition coefficient (Wildman–Crippen LogP) is 2.15. The van der Waals surface area contributed by atoms with Crippen molar-refractivity contribution < 1.29 is 28.4 Å². The molecule has 140 valence electrons. The lowest BCUT2D eigenvalue weighted by atomic mass is 10.1. The summed E-state index contributed by atoms with van der Waals surface area (Å²) in [5.74, 6) is -1.07. The highest BCUT2D eigenvalue weighted by Crippen LogP contribution is 2.21. The zero-order valence-electron chi connectivity index (χ0n) is 15.3. The molecule has 2 N–H and O–H groups in total. The smallest absolute Gasteiger partial charge is 0.355 e. The number of rotatable bonds is 6.